The fraction of sp³-hybridized carbons (Fsp3) is 1.00. The van der Waals surface area contributed by atoms with Crippen LogP contribution in [0.5, 0.6) is 0 Å². The van der Waals surface area contributed by atoms with Gasteiger partial charge < -0.3 is 5.11 Å². The van der Waals surface area contributed by atoms with Crippen LogP contribution in [0, 0.1) is 5.92 Å². The maximum absolute atomic E-state index is 10.3. The Hall–Kier alpha value is -0.0800. The van der Waals surface area contributed by atoms with Gasteiger partial charge in [-0.05, 0) is 51.0 Å². The molecule has 0 heterocycles. The van der Waals surface area contributed by atoms with E-state index >= 15 is 0 Å². The molecule has 0 radical (unpaired) electrons. The summed E-state index contributed by atoms with van der Waals surface area (Å²) in [5, 5.41) is 10.3. The van der Waals surface area contributed by atoms with Crippen LogP contribution in [-0.2, 0) is 0 Å². The van der Waals surface area contributed by atoms with Crippen molar-refractivity contribution in [2.45, 2.75) is 83.4 Å². The first-order valence-corrected chi connectivity index (χ1v) is 7.70. The number of aliphatic hydroxyl groups is 1. The maximum atomic E-state index is 10.3. The molecule has 0 aliphatic heterocycles. The van der Waals surface area contributed by atoms with E-state index in [9.17, 15) is 5.11 Å². The first-order chi connectivity index (χ1) is 8.26. The Morgan fingerprint density at radius 1 is 1.06 bits per heavy atom. The second-order valence-corrected chi connectivity index (χ2v) is 6.07. The normalized spacial score (nSPS) is 34.2. The van der Waals surface area contributed by atoms with Crippen LogP contribution in [0.15, 0.2) is 0 Å². The molecule has 2 aliphatic rings. The smallest absolute Gasteiger partial charge is 0.0695 e. The largest absolute Gasteiger partial charge is 0.391 e. The maximum Gasteiger partial charge on any atom is 0.0695 e. The molecular formula is C15H29NO. The lowest BCUT2D eigenvalue weighted by atomic mass is 9.80. The Balaban J connectivity index is 1.94. The van der Waals surface area contributed by atoms with Gasteiger partial charge in [0.05, 0.1) is 6.10 Å². The standard InChI is InChI=1S/C15H29NO/c1-3-5-12-6-9-15(17)14(11-12)16(10-4-2)13-7-8-13/h12-15,17H,3-11H2,1-2H3. The predicted molar refractivity (Wildman–Crippen MR) is 72.1 cm³/mol. The first kappa shape index (κ1) is 13.4. The lowest BCUT2D eigenvalue weighted by molar-refractivity contribution is -0.00243. The summed E-state index contributed by atoms with van der Waals surface area (Å²) in [6, 6.07) is 1.27. The minimum Gasteiger partial charge on any atom is -0.391 e. The van der Waals surface area contributed by atoms with Crippen molar-refractivity contribution in [3.05, 3.63) is 0 Å². The van der Waals surface area contributed by atoms with Gasteiger partial charge in [0, 0.05) is 12.1 Å². The molecule has 17 heavy (non-hydrogen) atoms. The average molecular weight is 239 g/mol. The molecule has 2 fully saturated rings. The summed E-state index contributed by atoms with van der Waals surface area (Å²) < 4.78 is 0. The van der Waals surface area contributed by atoms with E-state index in [-0.39, 0.29) is 6.10 Å². The molecule has 0 aromatic carbocycles. The number of nitrogens with zero attached hydrogens (tertiary/aromatic N) is 1. The monoisotopic (exact) mass is 239 g/mol. The second kappa shape index (κ2) is 6.19. The molecule has 1 N–H and O–H groups in total. The average Bonchev–Trinajstić information content (AvgIpc) is 3.13. The highest BCUT2D eigenvalue weighted by Crippen LogP contribution is 2.36. The van der Waals surface area contributed by atoms with Crippen LogP contribution in [0.1, 0.15) is 65.2 Å². The Kier molecular flexibility index (Phi) is 4.87. The van der Waals surface area contributed by atoms with Crippen molar-refractivity contribution < 1.29 is 5.11 Å². The van der Waals surface area contributed by atoms with Crippen LogP contribution in [0.2, 0.25) is 0 Å². The van der Waals surface area contributed by atoms with Gasteiger partial charge in [0.15, 0.2) is 0 Å². The third kappa shape index (κ3) is 3.45. The Morgan fingerprint density at radius 3 is 2.41 bits per heavy atom. The molecule has 3 unspecified atom stereocenters. The molecule has 0 aromatic rings. The van der Waals surface area contributed by atoms with Gasteiger partial charge in [-0.1, -0.05) is 26.7 Å². The van der Waals surface area contributed by atoms with Crippen molar-refractivity contribution >= 4 is 0 Å². The van der Waals surface area contributed by atoms with Crippen molar-refractivity contribution in [2.75, 3.05) is 6.54 Å². The summed E-state index contributed by atoms with van der Waals surface area (Å²) in [6.45, 7) is 5.73. The van der Waals surface area contributed by atoms with Gasteiger partial charge in [0.1, 0.15) is 0 Å². The van der Waals surface area contributed by atoms with Gasteiger partial charge in [-0.3, -0.25) is 4.90 Å². The van der Waals surface area contributed by atoms with Crippen LogP contribution < -0.4 is 0 Å². The molecule has 2 saturated carbocycles. The zero-order valence-electron chi connectivity index (χ0n) is 11.6. The zero-order valence-corrected chi connectivity index (χ0v) is 11.6. The lowest BCUT2D eigenvalue weighted by Crippen LogP contribution is -2.48. The van der Waals surface area contributed by atoms with E-state index in [4.69, 9.17) is 0 Å². The molecule has 0 bridgehead atoms. The highest BCUT2D eigenvalue weighted by Gasteiger charge is 2.39. The molecule has 2 rings (SSSR count). The number of hydrogen-bond acceptors (Lipinski definition) is 2. The van der Waals surface area contributed by atoms with Crippen molar-refractivity contribution in [2.24, 2.45) is 5.92 Å². The third-order valence-electron chi connectivity index (χ3n) is 4.51. The van der Waals surface area contributed by atoms with Crippen LogP contribution >= 0.6 is 0 Å². The topological polar surface area (TPSA) is 23.5 Å². The van der Waals surface area contributed by atoms with Crippen LogP contribution in [0.4, 0.5) is 0 Å². The van der Waals surface area contributed by atoms with Gasteiger partial charge in [-0.15, -0.1) is 0 Å². The van der Waals surface area contributed by atoms with Crippen LogP contribution in [-0.4, -0.2) is 34.7 Å². The summed E-state index contributed by atoms with van der Waals surface area (Å²) in [5.74, 6) is 0.867. The van der Waals surface area contributed by atoms with E-state index in [0.29, 0.717) is 6.04 Å². The Morgan fingerprint density at radius 2 is 1.82 bits per heavy atom. The zero-order chi connectivity index (χ0) is 12.3. The van der Waals surface area contributed by atoms with Crippen molar-refractivity contribution in [1.29, 1.82) is 0 Å². The van der Waals surface area contributed by atoms with Crippen molar-refractivity contribution in [3.63, 3.8) is 0 Å². The number of aliphatic hydroxyl groups excluding tert-OH is 1. The van der Waals surface area contributed by atoms with Crippen LogP contribution in [0.3, 0.4) is 0 Å². The minimum absolute atomic E-state index is 0.0599. The van der Waals surface area contributed by atoms with Crippen LogP contribution in [0.25, 0.3) is 0 Å². The van der Waals surface area contributed by atoms with E-state index < -0.39 is 0 Å². The summed E-state index contributed by atoms with van der Waals surface area (Å²) in [4.78, 5) is 2.63. The summed E-state index contributed by atoms with van der Waals surface area (Å²) in [6.07, 6.45) is 10.1. The molecule has 0 aromatic heterocycles. The molecule has 100 valence electrons. The predicted octanol–water partition coefficient (Wildman–Crippen LogP) is 3.19. The van der Waals surface area contributed by atoms with Crippen molar-refractivity contribution in [1.82, 2.24) is 4.90 Å². The Bertz CT molecular complexity index is 227. The van der Waals surface area contributed by atoms with E-state index in [2.05, 4.69) is 18.7 Å². The van der Waals surface area contributed by atoms with E-state index in [1.54, 1.807) is 0 Å². The number of hydrogen-bond donors (Lipinski definition) is 1. The Labute approximate surface area is 106 Å². The summed E-state index contributed by atoms with van der Waals surface area (Å²) >= 11 is 0. The molecule has 0 saturated heterocycles. The third-order valence-corrected chi connectivity index (χ3v) is 4.51. The van der Waals surface area contributed by atoms with Gasteiger partial charge in [-0.25, -0.2) is 0 Å². The quantitative estimate of drug-likeness (QED) is 0.769. The fourth-order valence-corrected chi connectivity index (χ4v) is 3.53. The minimum atomic E-state index is -0.0599. The fourth-order valence-electron chi connectivity index (χ4n) is 3.53. The van der Waals surface area contributed by atoms with Gasteiger partial charge in [-0.2, -0.15) is 0 Å². The molecule has 3 atom stereocenters. The highest BCUT2D eigenvalue weighted by atomic mass is 16.3. The summed E-state index contributed by atoms with van der Waals surface area (Å²) in [7, 11) is 0. The molecular weight excluding hydrogens is 210 g/mol. The van der Waals surface area contributed by atoms with Gasteiger partial charge in [0.25, 0.3) is 0 Å². The van der Waals surface area contributed by atoms with E-state index in [1.165, 1.54) is 51.5 Å². The second-order valence-electron chi connectivity index (χ2n) is 6.07. The highest BCUT2D eigenvalue weighted by molar-refractivity contribution is 4.94. The molecule has 2 nitrogen and oxygen atoms in total. The molecule has 0 spiro atoms. The van der Waals surface area contributed by atoms with E-state index in [0.717, 1.165) is 18.4 Å². The summed E-state index contributed by atoms with van der Waals surface area (Å²) in [5.41, 5.74) is 0. The lowest BCUT2D eigenvalue weighted by Gasteiger charge is -2.41. The molecule has 2 heteroatoms. The molecule has 0 amide bonds. The molecule has 2 aliphatic carbocycles. The van der Waals surface area contributed by atoms with Gasteiger partial charge >= 0.3 is 0 Å². The van der Waals surface area contributed by atoms with E-state index in [1.807, 2.05) is 0 Å². The number of rotatable bonds is 6. The SMILES string of the molecule is CCCC1CCC(O)C(N(CCC)C2CC2)C1. The first-order valence-electron chi connectivity index (χ1n) is 7.70. The van der Waals surface area contributed by atoms with Crippen molar-refractivity contribution in [3.8, 4) is 0 Å². The van der Waals surface area contributed by atoms with Gasteiger partial charge in [0.2, 0.25) is 0 Å².